The first-order chi connectivity index (χ1) is 8.93. The lowest BCUT2D eigenvalue weighted by molar-refractivity contribution is -0.176. The molecule has 0 N–H and O–H groups in total. The van der Waals surface area contributed by atoms with Gasteiger partial charge in [-0.2, -0.15) is 0 Å². The maximum Gasteiger partial charge on any atom is 0.421 e. The summed E-state index contributed by atoms with van der Waals surface area (Å²) in [6, 6.07) is 6.05. The molecule has 0 radical (unpaired) electrons. The average Bonchev–Trinajstić information content (AvgIpc) is 2.63. The number of imide groups is 1. The molecule has 0 aliphatic carbocycles. The van der Waals surface area contributed by atoms with E-state index in [2.05, 4.69) is 4.84 Å². The van der Waals surface area contributed by atoms with Gasteiger partial charge in [-0.25, -0.2) is 4.79 Å². The Morgan fingerprint density at radius 3 is 1.95 bits per heavy atom. The third kappa shape index (κ3) is 2.05. The summed E-state index contributed by atoms with van der Waals surface area (Å²) in [6.07, 6.45) is 0. The highest BCUT2D eigenvalue weighted by molar-refractivity contribution is 6.33. The van der Waals surface area contributed by atoms with Crippen LogP contribution in [-0.2, 0) is 14.4 Å². The number of nitrogens with zero attached hydrogens (tertiary/aromatic N) is 2. The Hall–Kier alpha value is -2.70. The number of rotatable bonds is 1. The Kier molecular flexibility index (Phi) is 3.04. The highest BCUT2D eigenvalue weighted by Gasteiger charge is 2.39. The fourth-order valence-corrected chi connectivity index (χ4v) is 1.55. The largest absolute Gasteiger partial charge is 0.421 e. The van der Waals surface area contributed by atoms with Crippen LogP contribution in [0.4, 0.5) is 0 Å². The van der Waals surface area contributed by atoms with Gasteiger partial charge in [-0.1, -0.05) is 17.2 Å². The third-order valence-corrected chi connectivity index (χ3v) is 2.51. The van der Waals surface area contributed by atoms with Crippen molar-refractivity contribution in [3.8, 4) is 0 Å². The van der Waals surface area contributed by atoms with Crippen LogP contribution in [0.25, 0.3) is 0 Å². The molecule has 19 heavy (non-hydrogen) atoms. The molecule has 0 atom stereocenters. The molecule has 1 aromatic rings. The molecule has 0 bridgehead atoms. The van der Waals surface area contributed by atoms with Gasteiger partial charge in [0, 0.05) is 14.1 Å². The van der Waals surface area contributed by atoms with E-state index in [4.69, 9.17) is 0 Å². The smallest absolute Gasteiger partial charge is 0.339 e. The van der Waals surface area contributed by atoms with Crippen molar-refractivity contribution in [2.75, 3.05) is 14.1 Å². The van der Waals surface area contributed by atoms with E-state index in [0.29, 0.717) is 5.06 Å². The standard InChI is InChI=1S/C12H10N2O5/c1-13(2)11(17)12(18)19-14-9(15)7-5-3-4-6-8(7)10(14)16/h3-6H,1-2H3. The van der Waals surface area contributed by atoms with Gasteiger partial charge in [-0.3, -0.25) is 14.4 Å². The summed E-state index contributed by atoms with van der Waals surface area (Å²) in [5.74, 6) is -3.78. The number of carbonyl (C=O) groups excluding carboxylic acids is 4. The Morgan fingerprint density at radius 1 is 1.05 bits per heavy atom. The Bertz CT molecular complexity index is 559. The second-order valence-electron chi connectivity index (χ2n) is 4.03. The summed E-state index contributed by atoms with van der Waals surface area (Å²) in [4.78, 5) is 52.0. The molecule has 1 aliphatic heterocycles. The van der Waals surface area contributed by atoms with Crippen molar-refractivity contribution in [1.29, 1.82) is 0 Å². The monoisotopic (exact) mass is 262 g/mol. The highest BCUT2D eigenvalue weighted by Crippen LogP contribution is 2.22. The number of likely N-dealkylation sites (N-methyl/N-ethyl adjacent to an activating group) is 1. The van der Waals surface area contributed by atoms with Gasteiger partial charge in [-0.15, -0.1) is 0 Å². The first-order valence-corrected chi connectivity index (χ1v) is 5.35. The molecule has 2 rings (SSSR count). The molecule has 0 fully saturated rings. The molecule has 0 spiro atoms. The quantitative estimate of drug-likeness (QED) is 0.518. The number of fused-ring (bicyclic) bond motifs is 1. The number of hydroxylamine groups is 2. The van der Waals surface area contributed by atoms with E-state index in [1.54, 1.807) is 12.1 Å². The maximum atomic E-state index is 11.8. The van der Waals surface area contributed by atoms with Crippen LogP contribution in [0.3, 0.4) is 0 Å². The second-order valence-corrected chi connectivity index (χ2v) is 4.03. The van der Waals surface area contributed by atoms with Crippen molar-refractivity contribution >= 4 is 23.7 Å². The molecular formula is C12H10N2O5. The van der Waals surface area contributed by atoms with Crippen molar-refractivity contribution in [3.05, 3.63) is 35.4 Å². The summed E-state index contributed by atoms with van der Waals surface area (Å²) >= 11 is 0. The van der Waals surface area contributed by atoms with Gasteiger partial charge in [-0.05, 0) is 12.1 Å². The van der Waals surface area contributed by atoms with Crippen LogP contribution in [0.15, 0.2) is 24.3 Å². The van der Waals surface area contributed by atoms with Crippen LogP contribution >= 0.6 is 0 Å². The molecule has 3 amide bonds. The van der Waals surface area contributed by atoms with Crippen LogP contribution in [0.2, 0.25) is 0 Å². The van der Waals surface area contributed by atoms with Crippen molar-refractivity contribution in [3.63, 3.8) is 0 Å². The highest BCUT2D eigenvalue weighted by atomic mass is 16.7. The summed E-state index contributed by atoms with van der Waals surface area (Å²) in [7, 11) is 2.71. The number of amides is 3. The summed E-state index contributed by atoms with van der Waals surface area (Å²) in [5, 5.41) is 0.300. The predicted octanol–water partition coefficient (Wildman–Crippen LogP) is -0.171. The molecule has 1 heterocycles. The zero-order valence-corrected chi connectivity index (χ0v) is 10.2. The van der Waals surface area contributed by atoms with Crippen molar-refractivity contribution in [2.45, 2.75) is 0 Å². The minimum Gasteiger partial charge on any atom is -0.339 e. The number of benzene rings is 1. The Labute approximate surface area is 108 Å². The first kappa shape index (κ1) is 12.7. The molecule has 7 nitrogen and oxygen atoms in total. The van der Waals surface area contributed by atoms with E-state index in [1.807, 2.05) is 0 Å². The predicted molar refractivity (Wildman–Crippen MR) is 61.7 cm³/mol. The fourth-order valence-electron chi connectivity index (χ4n) is 1.55. The van der Waals surface area contributed by atoms with Crippen LogP contribution in [0.5, 0.6) is 0 Å². The van der Waals surface area contributed by atoms with E-state index in [0.717, 1.165) is 4.90 Å². The van der Waals surface area contributed by atoms with Crippen LogP contribution in [0, 0.1) is 0 Å². The van der Waals surface area contributed by atoms with E-state index in [1.165, 1.54) is 26.2 Å². The minimum atomic E-state index is -1.29. The lowest BCUT2D eigenvalue weighted by Crippen LogP contribution is -2.39. The van der Waals surface area contributed by atoms with E-state index < -0.39 is 23.7 Å². The number of hydrogen-bond acceptors (Lipinski definition) is 5. The van der Waals surface area contributed by atoms with Gasteiger partial charge in [0.1, 0.15) is 0 Å². The van der Waals surface area contributed by atoms with Crippen LogP contribution < -0.4 is 0 Å². The summed E-state index contributed by atoms with van der Waals surface area (Å²) < 4.78 is 0. The van der Waals surface area contributed by atoms with Crippen molar-refractivity contribution in [1.82, 2.24) is 9.96 Å². The average molecular weight is 262 g/mol. The molecule has 0 saturated heterocycles. The SMILES string of the molecule is CN(C)C(=O)C(=O)ON1C(=O)c2ccccc2C1=O. The van der Waals surface area contributed by atoms with Crippen molar-refractivity contribution in [2.24, 2.45) is 0 Å². The Morgan fingerprint density at radius 2 is 1.53 bits per heavy atom. The van der Waals surface area contributed by atoms with E-state index in [9.17, 15) is 19.2 Å². The molecule has 1 aromatic carbocycles. The van der Waals surface area contributed by atoms with E-state index >= 15 is 0 Å². The second kappa shape index (κ2) is 4.52. The van der Waals surface area contributed by atoms with Gasteiger partial charge in [0.25, 0.3) is 11.8 Å². The molecular weight excluding hydrogens is 252 g/mol. The van der Waals surface area contributed by atoms with Crippen LogP contribution in [0.1, 0.15) is 20.7 Å². The molecule has 0 saturated carbocycles. The van der Waals surface area contributed by atoms with Crippen LogP contribution in [-0.4, -0.2) is 47.7 Å². The third-order valence-electron chi connectivity index (χ3n) is 2.51. The zero-order chi connectivity index (χ0) is 14.2. The van der Waals surface area contributed by atoms with Gasteiger partial charge in [0.15, 0.2) is 0 Å². The topological polar surface area (TPSA) is 84.0 Å². The number of hydrogen-bond donors (Lipinski definition) is 0. The fraction of sp³-hybridized carbons (Fsp3) is 0.167. The van der Waals surface area contributed by atoms with Gasteiger partial charge in [0.05, 0.1) is 11.1 Å². The first-order valence-electron chi connectivity index (χ1n) is 5.35. The van der Waals surface area contributed by atoms with Gasteiger partial charge < -0.3 is 9.74 Å². The minimum absolute atomic E-state index is 0.137. The molecule has 0 aromatic heterocycles. The molecule has 7 heteroatoms. The van der Waals surface area contributed by atoms with Gasteiger partial charge in [0.2, 0.25) is 0 Å². The molecule has 98 valence electrons. The van der Waals surface area contributed by atoms with Gasteiger partial charge >= 0.3 is 11.9 Å². The Balaban J connectivity index is 2.22. The molecule has 0 unspecified atom stereocenters. The summed E-state index contributed by atoms with van der Waals surface area (Å²) in [5.41, 5.74) is 0.273. The number of carbonyl (C=O) groups is 4. The van der Waals surface area contributed by atoms with Crippen molar-refractivity contribution < 1.29 is 24.0 Å². The lowest BCUT2D eigenvalue weighted by Gasteiger charge is -2.14. The summed E-state index contributed by atoms with van der Waals surface area (Å²) in [6.45, 7) is 0. The zero-order valence-electron chi connectivity index (χ0n) is 10.2. The lowest BCUT2D eigenvalue weighted by atomic mass is 10.1. The normalized spacial score (nSPS) is 13.3. The maximum absolute atomic E-state index is 11.8. The van der Waals surface area contributed by atoms with E-state index in [-0.39, 0.29) is 11.1 Å². The molecule has 1 aliphatic rings.